The van der Waals surface area contributed by atoms with Crippen molar-refractivity contribution in [2.75, 3.05) is 45.8 Å². The van der Waals surface area contributed by atoms with Crippen LogP contribution in [0.4, 0.5) is 5.69 Å². The van der Waals surface area contributed by atoms with Gasteiger partial charge in [-0.3, -0.25) is 13.9 Å². The van der Waals surface area contributed by atoms with Crippen molar-refractivity contribution >= 4 is 27.5 Å². The number of aryl methyl sites for hydroxylation is 1. The van der Waals surface area contributed by atoms with Gasteiger partial charge in [-0.05, 0) is 54.3 Å². The summed E-state index contributed by atoms with van der Waals surface area (Å²) in [6.45, 7) is 3.79. The molecule has 12 heteroatoms. The lowest BCUT2D eigenvalue weighted by Gasteiger charge is -2.34. The maximum Gasteiger partial charge on any atom is 0.265 e. The molecule has 1 N–H and O–H groups in total. The average molecular weight is 718 g/mol. The minimum absolute atomic E-state index is 0.0592. The minimum atomic E-state index is -4.49. The molecule has 0 aliphatic carbocycles. The summed E-state index contributed by atoms with van der Waals surface area (Å²) in [5.41, 5.74) is 2.66. The molecule has 0 bridgehead atoms. The first kappa shape index (κ1) is 38.6. The molecule has 0 aliphatic heterocycles. The van der Waals surface area contributed by atoms with E-state index in [2.05, 4.69) is 5.32 Å². The maximum absolute atomic E-state index is 14.9. The molecule has 0 fully saturated rings. The van der Waals surface area contributed by atoms with Crippen molar-refractivity contribution in [3.63, 3.8) is 0 Å². The zero-order valence-corrected chi connectivity index (χ0v) is 30.9. The van der Waals surface area contributed by atoms with Crippen molar-refractivity contribution in [2.24, 2.45) is 0 Å². The second-order valence-corrected chi connectivity index (χ2v) is 13.7. The summed E-state index contributed by atoms with van der Waals surface area (Å²) in [6, 6.07) is 25.0. The first-order valence-electron chi connectivity index (χ1n) is 16.7. The predicted molar refractivity (Wildman–Crippen MR) is 197 cm³/mol. The van der Waals surface area contributed by atoms with Crippen molar-refractivity contribution in [3.8, 4) is 23.0 Å². The van der Waals surface area contributed by atoms with Crippen molar-refractivity contribution in [1.29, 1.82) is 0 Å². The number of benzene rings is 4. The van der Waals surface area contributed by atoms with Crippen LogP contribution in [0.1, 0.15) is 36.5 Å². The van der Waals surface area contributed by atoms with Gasteiger partial charge in [0.15, 0.2) is 11.5 Å². The molecule has 0 aliphatic rings. The highest BCUT2D eigenvalue weighted by molar-refractivity contribution is 7.92. The zero-order valence-electron chi connectivity index (χ0n) is 30.0. The van der Waals surface area contributed by atoms with Crippen LogP contribution in [0, 0.1) is 6.92 Å². The van der Waals surface area contributed by atoms with E-state index in [1.807, 2.05) is 68.4 Å². The summed E-state index contributed by atoms with van der Waals surface area (Å²) >= 11 is 0. The van der Waals surface area contributed by atoms with Crippen LogP contribution in [0.3, 0.4) is 0 Å². The van der Waals surface area contributed by atoms with E-state index in [-0.39, 0.29) is 41.0 Å². The summed E-state index contributed by atoms with van der Waals surface area (Å²) in [5, 5.41) is 3.01. The molecule has 11 nitrogen and oxygen atoms in total. The number of methoxy groups -OCH3 is 4. The van der Waals surface area contributed by atoms with Crippen LogP contribution >= 0.6 is 0 Å². The molecule has 0 saturated heterocycles. The molecule has 0 unspecified atom stereocenters. The maximum atomic E-state index is 14.9. The predicted octanol–water partition coefficient (Wildman–Crippen LogP) is 5.78. The van der Waals surface area contributed by atoms with Gasteiger partial charge >= 0.3 is 0 Å². The molecule has 272 valence electrons. The highest BCUT2D eigenvalue weighted by Crippen LogP contribution is 2.38. The Hall–Kier alpha value is -5.23. The van der Waals surface area contributed by atoms with E-state index >= 15 is 0 Å². The average Bonchev–Trinajstić information content (AvgIpc) is 3.15. The van der Waals surface area contributed by atoms with Gasteiger partial charge in [-0.15, -0.1) is 0 Å². The Balaban J connectivity index is 1.89. The number of nitrogens with zero attached hydrogens (tertiary/aromatic N) is 2. The molecule has 2 amide bonds. The van der Waals surface area contributed by atoms with E-state index in [1.54, 1.807) is 12.1 Å². The number of unbranched alkanes of at least 4 members (excludes halogenated alkanes) is 1. The van der Waals surface area contributed by atoms with Gasteiger partial charge in [-0.1, -0.05) is 67.9 Å². The molecular formula is C39H47N3O8S. The Kier molecular flexibility index (Phi) is 13.7. The molecule has 0 aromatic heterocycles. The van der Waals surface area contributed by atoms with Gasteiger partial charge in [-0.2, -0.15) is 0 Å². The van der Waals surface area contributed by atoms with Crippen molar-refractivity contribution in [3.05, 3.63) is 108 Å². The Morgan fingerprint density at radius 1 is 0.784 bits per heavy atom. The number of hydrogen-bond acceptors (Lipinski definition) is 8. The standard InChI is InChI=1S/C39H47N3O8S/c1-7-8-22-40-39(44)34(23-29-15-10-9-11-16-29)41(26-30-17-13-12-14-28(30)2)38(43)27-42(33-24-31(47-3)18-20-35(33)48-4)51(45,46)32-19-21-36(49-5)37(25-32)50-6/h9-21,24-25,34H,7-8,22-23,26-27H2,1-6H3,(H,40,44)/t34-/m1/s1. The smallest absolute Gasteiger partial charge is 0.265 e. The van der Waals surface area contributed by atoms with Gasteiger partial charge in [0, 0.05) is 31.6 Å². The fourth-order valence-corrected chi connectivity index (χ4v) is 7.07. The van der Waals surface area contributed by atoms with Crippen molar-refractivity contribution in [2.45, 2.75) is 50.6 Å². The summed E-state index contributed by atoms with van der Waals surface area (Å²) in [7, 11) is 1.24. The fourth-order valence-electron chi connectivity index (χ4n) is 5.64. The van der Waals surface area contributed by atoms with E-state index in [1.165, 1.54) is 57.6 Å². The number of anilines is 1. The van der Waals surface area contributed by atoms with E-state index < -0.39 is 28.5 Å². The van der Waals surface area contributed by atoms with E-state index in [4.69, 9.17) is 18.9 Å². The number of carbonyl (C=O) groups excluding carboxylic acids is 2. The highest BCUT2D eigenvalue weighted by Gasteiger charge is 2.36. The van der Waals surface area contributed by atoms with Crippen LogP contribution in [0.2, 0.25) is 0 Å². The SMILES string of the molecule is CCCCNC(=O)[C@@H](Cc1ccccc1)N(Cc1ccccc1C)C(=O)CN(c1cc(OC)ccc1OC)S(=O)(=O)c1ccc(OC)c(OC)c1. The third-order valence-corrected chi connectivity index (χ3v) is 10.3. The Bertz CT molecular complexity index is 1880. The largest absolute Gasteiger partial charge is 0.497 e. The number of nitrogens with one attached hydrogen (secondary N) is 1. The second-order valence-electron chi connectivity index (χ2n) is 11.9. The molecule has 0 saturated carbocycles. The van der Waals surface area contributed by atoms with Gasteiger partial charge in [0.25, 0.3) is 10.0 Å². The summed E-state index contributed by atoms with van der Waals surface area (Å²) in [6.07, 6.45) is 1.85. The highest BCUT2D eigenvalue weighted by atomic mass is 32.2. The third-order valence-electron chi connectivity index (χ3n) is 8.58. The van der Waals surface area contributed by atoms with Crippen LogP contribution in [0.25, 0.3) is 0 Å². The molecule has 1 atom stereocenters. The Morgan fingerprint density at radius 2 is 1.45 bits per heavy atom. The molecule has 4 rings (SSSR count). The number of amides is 2. The normalized spacial score (nSPS) is 11.6. The molecule has 0 radical (unpaired) electrons. The third kappa shape index (κ3) is 9.52. The van der Waals surface area contributed by atoms with Gasteiger partial charge in [0.1, 0.15) is 24.1 Å². The Morgan fingerprint density at radius 3 is 2.10 bits per heavy atom. The fraction of sp³-hybridized carbons (Fsp3) is 0.333. The van der Waals surface area contributed by atoms with Crippen LogP contribution in [-0.4, -0.2) is 72.7 Å². The topological polar surface area (TPSA) is 124 Å². The lowest BCUT2D eigenvalue weighted by molar-refractivity contribution is -0.140. The van der Waals surface area contributed by atoms with Gasteiger partial charge in [-0.25, -0.2) is 8.42 Å². The molecule has 51 heavy (non-hydrogen) atoms. The van der Waals surface area contributed by atoms with E-state index in [0.717, 1.165) is 33.8 Å². The first-order chi connectivity index (χ1) is 24.6. The second kappa shape index (κ2) is 18.1. The van der Waals surface area contributed by atoms with Crippen molar-refractivity contribution < 1.29 is 37.0 Å². The lowest BCUT2D eigenvalue weighted by atomic mass is 10.0. The quantitative estimate of drug-likeness (QED) is 0.129. The van der Waals surface area contributed by atoms with Crippen LogP contribution in [-0.2, 0) is 32.6 Å². The number of carbonyl (C=O) groups is 2. The summed E-state index contributed by atoms with van der Waals surface area (Å²) < 4.78 is 52.2. The monoisotopic (exact) mass is 717 g/mol. The van der Waals surface area contributed by atoms with Gasteiger partial charge < -0.3 is 29.2 Å². The molecule has 0 heterocycles. The minimum Gasteiger partial charge on any atom is -0.497 e. The molecule has 4 aromatic carbocycles. The van der Waals surface area contributed by atoms with Crippen LogP contribution in [0.5, 0.6) is 23.0 Å². The number of ether oxygens (including phenoxy) is 4. The number of hydrogen-bond donors (Lipinski definition) is 1. The van der Waals surface area contributed by atoms with Gasteiger partial charge in [0.05, 0.1) is 39.0 Å². The Labute approximate surface area is 301 Å². The number of sulfonamides is 1. The zero-order chi connectivity index (χ0) is 37.0. The lowest BCUT2D eigenvalue weighted by Crippen LogP contribution is -2.53. The first-order valence-corrected chi connectivity index (χ1v) is 18.1. The molecular weight excluding hydrogens is 671 g/mol. The molecule has 0 spiro atoms. The van der Waals surface area contributed by atoms with E-state index in [9.17, 15) is 18.0 Å². The number of rotatable bonds is 18. The summed E-state index contributed by atoms with van der Waals surface area (Å²) in [4.78, 5) is 30.2. The van der Waals surface area contributed by atoms with E-state index in [0.29, 0.717) is 18.0 Å². The molecule has 4 aromatic rings. The van der Waals surface area contributed by atoms with Crippen LogP contribution in [0.15, 0.2) is 95.9 Å². The van der Waals surface area contributed by atoms with Crippen molar-refractivity contribution in [1.82, 2.24) is 10.2 Å². The summed E-state index contributed by atoms with van der Waals surface area (Å²) in [5.74, 6) is 0.132. The van der Waals surface area contributed by atoms with Gasteiger partial charge in [0.2, 0.25) is 11.8 Å². The van der Waals surface area contributed by atoms with Crippen LogP contribution < -0.4 is 28.6 Å².